The molecule has 0 aliphatic rings. The van der Waals surface area contributed by atoms with Gasteiger partial charge in [-0.05, 0) is 48.9 Å². The molecule has 0 saturated heterocycles. The quantitative estimate of drug-likeness (QED) is 0.780. The van der Waals surface area contributed by atoms with Crippen LogP contribution in [0.25, 0.3) is 0 Å². The predicted octanol–water partition coefficient (Wildman–Crippen LogP) is 4.50. The summed E-state index contributed by atoms with van der Waals surface area (Å²) in [4.78, 5) is 10.7. The van der Waals surface area contributed by atoms with Gasteiger partial charge in [-0.2, -0.15) is 0 Å². The molecule has 0 unspecified atom stereocenters. The molecule has 18 heavy (non-hydrogen) atoms. The first-order valence-corrected chi connectivity index (χ1v) is 6.08. The van der Waals surface area contributed by atoms with Gasteiger partial charge in [0.15, 0.2) is 11.6 Å². The van der Waals surface area contributed by atoms with Crippen molar-refractivity contribution in [3.05, 3.63) is 57.8 Å². The lowest BCUT2D eigenvalue weighted by molar-refractivity contribution is 0.112. The number of carbonyl (C=O) groups excluding carboxylic acids is 1. The summed E-state index contributed by atoms with van der Waals surface area (Å²) >= 11 is 3.18. The Morgan fingerprint density at radius 2 is 2.00 bits per heavy atom. The smallest absolute Gasteiger partial charge is 0.166 e. The highest BCUT2D eigenvalue weighted by molar-refractivity contribution is 9.10. The third kappa shape index (κ3) is 2.76. The van der Waals surface area contributed by atoms with Crippen molar-refractivity contribution in [3.8, 4) is 11.5 Å². The van der Waals surface area contributed by atoms with Crippen LogP contribution < -0.4 is 4.74 Å². The lowest BCUT2D eigenvalue weighted by Gasteiger charge is -2.08. The van der Waals surface area contributed by atoms with Crippen molar-refractivity contribution in [1.82, 2.24) is 0 Å². The molecular weight excluding hydrogens is 299 g/mol. The van der Waals surface area contributed by atoms with Crippen molar-refractivity contribution < 1.29 is 13.9 Å². The van der Waals surface area contributed by atoms with E-state index >= 15 is 0 Å². The highest BCUT2D eigenvalue weighted by Gasteiger charge is 2.06. The van der Waals surface area contributed by atoms with Crippen molar-refractivity contribution in [3.63, 3.8) is 0 Å². The van der Waals surface area contributed by atoms with Crippen LogP contribution in [0.15, 0.2) is 40.9 Å². The van der Waals surface area contributed by atoms with E-state index in [9.17, 15) is 9.18 Å². The van der Waals surface area contributed by atoms with Gasteiger partial charge in [-0.15, -0.1) is 0 Å². The molecule has 0 radical (unpaired) electrons. The first-order valence-electron chi connectivity index (χ1n) is 5.29. The van der Waals surface area contributed by atoms with Crippen LogP contribution in [0.1, 0.15) is 15.9 Å². The summed E-state index contributed by atoms with van der Waals surface area (Å²) in [5.74, 6) is 0.206. The molecule has 0 heterocycles. The average Bonchev–Trinajstić information content (AvgIpc) is 2.33. The fraction of sp³-hybridized carbons (Fsp3) is 0.0714. The minimum atomic E-state index is -0.443. The lowest BCUT2D eigenvalue weighted by atomic mass is 10.1. The Labute approximate surface area is 113 Å². The van der Waals surface area contributed by atoms with Crippen LogP contribution >= 0.6 is 15.9 Å². The maximum atomic E-state index is 13.6. The molecule has 2 nitrogen and oxygen atoms in total. The maximum Gasteiger partial charge on any atom is 0.166 e. The summed E-state index contributed by atoms with van der Waals surface area (Å²) in [6.07, 6.45) is 0.777. The van der Waals surface area contributed by atoms with Gasteiger partial charge in [-0.25, -0.2) is 4.39 Å². The third-order valence-electron chi connectivity index (χ3n) is 2.49. The standard InChI is InChI=1S/C14H10BrFO2/c1-9-6-12(4-2-10(9)8-17)18-14-5-3-11(15)7-13(14)16/h2-8H,1H3. The minimum absolute atomic E-state index is 0.149. The van der Waals surface area contributed by atoms with Crippen molar-refractivity contribution in [2.45, 2.75) is 6.92 Å². The number of carbonyl (C=O) groups is 1. The number of aldehydes is 1. The summed E-state index contributed by atoms with van der Waals surface area (Å²) in [6, 6.07) is 9.56. The van der Waals surface area contributed by atoms with E-state index < -0.39 is 5.82 Å². The number of hydrogen-bond donors (Lipinski definition) is 0. The topological polar surface area (TPSA) is 26.3 Å². The third-order valence-corrected chi connectivity index (χ3v) is 2.98. The molecule has 0 aromatic heterocycles. The highest BCUT2D eigenvalue weighted by atomic mass is 79.9. The van der Waals surface area contributed by atoms with Crippen LogP contribution in [0, 0.1) is 12.7 Å². The normalized spacial score (nSPS) is 10.2. The number of hydrogen-bond acceptors (Lipinski definition) is 2. The molecule has 0 saturated carbocycles. The molecule has 0 spiro atoms. The van der Waals surface area contributed by atoms with E-state index in [1.54, 1.807) is 37.3 Å². The monoisotopic (exact) mass is 308 g/mol. The summed E-state index contributed by atoms with van der Waals surface area (Å²) in [5.41, 5.74) is 1.39. The Kier molecular flexibility index (Phi) is 3.77. The molecule has 2 aromatic rings. The first-order chi connectivity index (χ1) is 8.60. The zero-order chi connectivity index (χ0) is 13.1. The highest BCUT2D eigenvalue weighted by Crippen LogP contribution is 2.27. The second-order valence-corrected chi connectivity index (χ2v) is 4.73. The van der Waals surface area contributed by atoms with Crippen molar-refractivity contribution in [2.75, 3.05) is 0 Å². The lowest BCUT2D eigenvalue weighted by Crippen LogP contribution is -1.91. The van der Waals surface area contributed by atoms with E-state index in [1.807, 2.05) is 0 Å². The second-order valence-electron chi connectivity index (χ2n) is 3.81. The maximum absolute atomic E-state index is 13.6. The number of ether oxygens (including phenoxy) is 1. The Bertz CT molecular complexity index is 596. The van der Waals surface area contributed by atoms with Gasteiger partial charge in [0.2, 0.25) is 0 Å². The van der Waals surface area contributed by atoms with Gasteiger partial charge < -0.3 is 4.74 Å². The fourth-order valence-electron chi connectivity index (χ4n) is 1.53. The molecule has 0 aliphatic carbocycles. The SMILES string of the molecule is Cc1cc(Oc2ccc(Br)cc2F)ccc1C=O. The number of benzene rings is 2. The zero-order valence-electron chi connectivity index (χ0n) is 9.61. The fourth-order valence-corrected chi connectivity index (χ4v) is 1.86. The van der Waals surface area contributed by atoms with E-state index in [4.69, 9.17) is 4.74 Å². The number of aryl methyl sites for hydroxylation is 1. The van der Waals surface area contributed by atoms with Crippen LogP contribution in [0.5, 0.6) is 11.5 Å². The van der Waals surface area contributed by atoms with Crippen LogP contribution in [0.2, 0.25) is 0 Å². The van der Waals surface area contributed by atoms with E-state index in [0.717, 1.165) is 11.8 Å². The molecule has 2 rings (SSSR count). The molecular formula is C14H10BrFO2. The Balaban J connectivity index is 2.28. The summed E-state index contributed by atoms with van der Waals surface area (Å²) < 4.78 is 19.7. The summed E-state index contributed by atoms with van der Waals surface area (Å²) in [5, 5.41) is 0. The molecule has 0 atom stereocenters. The van der Waals surface area contributed by atoms with Crippen molar-refractivity contribution in [1.29, 1.82) is 0 Å². The molecule has 2 aromatic carbocycles. The second kappa shape index (κ2) is 5.31. The van der Waals surface area contributed by atoms with Crippen LogP contribution in [0.4, 0.5) is 4.39 Å². The van der Waals surface area contributed by atoms with Crippen molar-refractivity contribution >= 4 is 22.2 Å². The number of halogens is 2. The van der Waals surface area contributed by atoms with Gasteiger partial charge in [0.25, 0.3) is 0 Å². The Hall–Kier alpha value is -1.68. The molecule has 0 bridgehead atoms. The minimum Gasteiger partial charge on any atom is -0.454 e. The van der Waals surface area contributed by atoms with Gasteiger partial charge in [-0.3, -0.25) is 4.79 Å². The van der Waals surface area contributed by atoms with Gasteiger partial charge in [0, 0.05) is 10.0 Å². The van der Waals surface area contributed by atoms with Gasteiger partial charge in [0.05, 0.1) is 0 Å². The van der Waals surface area contributed by atoms with E-state index in [2.05, 4.69) is 15.9 Å². The predicted molar refractivity (Wildman–Crippen MR) is 70.7 cm³/mol. The largest absolute Gasteiger partial charge is 0.454 e. The van der Waals surface area contributed by atoms with Crippen LogP contribution in [0.3, 0.4) is 0 Å². The van der Waals surface area contributed by atoms with E-state index in [1.165, 1.54) is 6.07 Å². The molecule has 0 N–H and O–H groups in total. The average molecular weight is 309 g/mol. The zero-order valence-corrected chi connectivity index (χ0v) is 11.2. The van der Waals surface area contributed by atoms with E-state index in [0.29, 0.717) is 15.8 Å². The first kappa shape index (κ1) is 12.8. The molecule has 4 heteroatoms. The molecule has 0 aliphatic heterocycles. The summed E-state index contributed by atoms with van der Waals surface area (Å²) in [7, 11) is 0. The Morgan fingerprint density at radius 1 is 1.22 bits per heavy atom. The molecule has 0 amide bonds. The molecule has 0 fully saturated rings. The van der Waals surface area contributed by atoms with Crippen LogP contribution in [-0.4, -0.2) is 6.29 Å². The van der Waals surface area contributed by atoms with Gasteiger partial charge in [-0.1, -0.05) is 15.9 Å². The molecule has 92 valence electrons. The van der Waals surface area contributed by atoms with E-state index in [-0.39, 0.29) is 5.75 Å². The van der Waals surface area contributed by atoms with Crippen molar-refractivity contribution in [2.24, 2.45) is 0 Å². The summed E-state index contributed by atoms with van der Waals surface area (Å²) in [6.45, 7) is 1.80. The Morgan fingerprint density at radius 3 is 2.61 bits per heavy atom. The van der Waals surface area contributed by atoms with Gasteiger partial charge >= 0.3 is 0 Å². The van der Waals surface area contributed by atoms with Crippen LogP contribution in [-0.2, 0) is 0 Å². The van der Waals surface area contributed by atoms with Gasteiger partial charge in [0.1, 0.15) is 12.0 Å². The number of rotatable bonds is 3.